The Morgan fingerprint density at radius 2 is 1.62 bits per heavy atom. The van der Waals surface area contributed by atoms with Gasteiger partial charge >= 0.3 is 5.97 Å². The Morgan fingerprint density at radius 3 is 2.00 bits per heavy atom. The number of ether oxygens (including phenoxy) is 1. The zero-order valence-corrected chi connectivity index (χ0v) is 14.7. The van der Waals surface area contributed by atoms with Gasteiger partial charge in [0.2, 0.25) is 0 Å². The summed E-state index contributed by atoms with van der Waals surface area (Å²) in [6.45, 7) is 15.9. The molecular formula is C18H29NO2. The van der Waals surface area contributed by atoms with Crippen LogP contribution in [-0.2, 0) is 21.4 Å². The lowest BCUT2D eigenvalue weighted by atomic mass is 9.85. The van der Waals surface area contributed by atoms with Gasteiger partial charge in [-0.3, -0.25) is 9.78 Å². The normalized spacial score (nSPS) is 13.1. The second-order valence-electron chi connectivity index (χ2n) is 8.36. The molecule has 0 unspecified atom stereocenters. The summed E-state index contributed by atoms with van der Waals surface area (Å²) in [5, 5.41) is 0. The highest BCUT2D eigenvalue weighted by atomic mass is 16.6. The van der Waals surface area contributed by atoms with Crippen LogP contribution < -0.4 is 0 Å². The van der Waals surface area contributed by atoms with E-state index in [0.717, 1.165) is 11.3 Å². The number of hydrogen-bond acceptors (Lipinski definition) is 3. The Balaban J connectivity index is 2.82. The maximum Gasteiger partial charge on any atom is 0.312 e. The zero-order chi connectivity index (χ0) is 16.5. The molecule has 118 valence electrons. The molecule has 0 aliphatic heterocycles. The van der Waals surface area contributed by atoms with Crippen molar-refractivity contribution in [1.29, 1.82) is 0 Å². The molecule has 0 N–H and O–H groups in total. The highest BCUT2D eigenvalue weighted by molar-refractivity contribution is 5.76. The molecule has 0 saturated heterocycles. The summed E-state index contributed by atoms with van der Waals surface area (Å²) < 4.78 is 5.49. The molecule has 0 atom stereocenters. The molecule has 0 spiro atoms. The monoisotopic (exact) mass is 291 g/mol. The van der Waals surface area contributed by atoms with Crippen LogP contribution in [0.25, 0.3) is 0 Å². The average Bonchev–Trinajstić information content (AvgIpc) is 2.25. The van der Waals surface area contributed by atoms with Gasteiger partial charge in [0.05, 0.1) is 5.41 Å². The van der Waals surface area contributed by atoms with Gasteiger partial charge in [-0.05, 0) is 52.7 Å². The van der Waals surface area contributed by atoms with E-state index in [1.54, 1.807) is 0 Å². The highest BCUT2D eigenvalue weighted by Gasteiger charge is 2.32. The Bertz CT molecular complexity index is 487. The predicted molar refractivity (Wildman–Crippen MR) is 86.3 cm³/mol. The summed E-state index contributed by atoms with van der Waals surface area (Å²) >= 11 is 0. The van der Waals surface area contributed by atoms with Gasteiger partial charge in [-0.25, -0.2) is 0 Å². The number of rotatable bonds is 3. The lowest BCUT2D eigenvalue weighted by Gasteiger charge is -2.28. The molecule has 0 aromatic carbocycles. The van der Waals surface area contributed by atoms with Gasteiger partial charge in [-0.1, -0.05) is 26.8 Å². The Morgan fingerprint density at radius 1 is 1.05 bits per heavy atom. The van der Waals surface area contributed by atoms with Crippen molar-refractivity contribution in [2.75, 3.05) is 0 Å². The molecule has 21 heavy (non-hydrogen) atoms. The van der Waals surface area contributed by atoms with Gasteiger partial charge in [0.15, 0.2) is 0 Å². The van der Waals surface area contributed by atoms with Gasteiger partial charge in [-0.2, -0.15) is 0 Å². The van der Waals surface area contributed by atoms with Crippen LogP contribution in [0.2, 0.25) is 0 Å². The molecule has 3 nitrogen and oxygen atoms in total. The quantitative estimate of drug-likeness (QED) is 0.780. The first-order valence-electron chi connectivity index (χ1n) is 7.50. The van der Waals surface area contributed by atoms with E-state index in [1.807, 2.05) is 46.9 Å². The van der Waals surface area contributed by atoms with Crippen molar-refractivity contribution in [3.05, 3.63) is 29.6 Å². The van der Waals surface area contributed by atoms with Crippen LogP contribution in [0.15, 0.2) is 18.3 Å². The van der Waals surface area contributed by atoms with Crippen LogP contribution in [0, 0.1) is 5.41 Å². The van der Waals surface area contributed by atoms with Gasteiger partial charge in [0.25, 0.3) is 0 Å². The number of hydrogen-bond donors (Lipinski definition) is 0. The first-order chi connectivity index (χ1) is 9.31. The molecular weight excluding hydrogens is 262 g/mol. The van der Waals surface area contributed by atoms with E-state index in [-0.39, 0.29) is 11.4 Å². The molecule has 0 radical (unpaired) electrons. The van der Waals surface area contributed by atoms with Crippen LogP contribution in [0.4, 0.5) is 0 Å². The standard InChI is InChI=1S/C18H29NO2/c1-16(2,3)14-10-9-13(12-19-14)11-18(7,8)15(20)21-17(4,5)6/h9-10,12H,11H2,1-8H3. The van der Waals surface area contributed by atoms with Crippen molar-refractivity contribution in [3.8, 4) is 0 Å². The zero-order valence-electron chi connectivity index (χ0n) is 14.7. The second-order valence-corrected chi connectivity index (χ2v) is 8.36. The molecule has 1 rings (SSSR count). The second kappa shape index (κ2) is 5.78. The molecule has 0 aliphatic carbocycles. The average molecular weight is 291 g/mol. The lowest BCUT2D eigenvalue weighted by molar-refractivity contribution is -0.165. The van der Waals surface area contributed by atoms with Crippen LogP contribution in [0.3, 0.4) is 0 Å². The minimum Gasteiger partial charge on any atom is -0.460 e. The summed E-state index contributed by atoms with van der Waals surface area (Å²) in [5.41, 5.74) is 1.14. The minimum absolute atomic E-state index is 0.0409. The lowest BCUT2D eigenvalue weighted by Crippen LogP contribution is -2.35. The smallest absolute Gasteiger partial charge is 0.312 e. The van der Waals surface area contributed by atoms with Crippen molar-refractivity contribution in [2.45, 2.75) is 72.8 Å². The van der Waals surface area contributed by atoms with E-state index in [2.05, 4.69) is 31.8 Å². The number of carbonyl (C=O) groups is 1. The van der Waals surface area contributed by atoms with Crippen LogP contribution in [-0.4, -0.2) is 16.6 Å². The van der Waals surface area contributed by atoms with E-state index in [1.165, 1.54) is 0 Å². The third kappa shape index (κ3) is 5.49. The third-order valence-electron chi connectivity index (χ3n) is 3.19. The minimum atomic E-state index is -0.557. The summed E-state index contributed by atoms with van der Waals surface area (Å²) in [4.78, 5) is 16.8. The summed E-state index contributed by atoms with van der Waals surface area (Å²) in [6, 6.07) is 4.10. The van der Waals surface area contributed by atoms with Crippen molar-refractivity contribution >= 4 is 5.97 Å². The van der Waals surface area contributed by atoms with E-state index < -0.39 is 11.0 Å². The molecule has 0 fully saturated rings. The maximum atomic E-state index is 12.3. The van der Waals surface area contributed by atoms with Crippen molar-refractivity contribution < 1.29 is 9.53 Å². The molecule has 3 heteroatoms. The number of carbonyl (C=O) groups excluding carboxylic acids is 1. The molecule has 0 saturated carbocycles. The Kier molecular flexibility index (Phi) is 4.87. The molecule has 1 aromatic rings. The van der Waals surface area contributed by atoms with Gasteiger partial charge in [-0.15, -0.1) is 0 Å². The predicted octanol–water partition coefficient (Wildman–Crippen LogP) is 4.29. The number of esters is 1. The number of nitrogens with zero attached hydrogens (tertiary/aromatic N) is 1. The summed E-state index contributed by atoms with van der Waals surface area (Å²) in [5.74, 6) is -0.171. The van der Waals surface area contributed by atoms with Gasteiger partial charge < -0.3 is 4.74 Å². The topological polar surface area (TPSA) is 39.2 Å². The fourth-order valence-electron chi connectivity index (χ4n) is 1.97. The van der Waals surface area contributed by atoms with Crippen molar-refractivity contribution in [1.82, 2.24) is 4.98 Å². The fourth-order valence-corrected chi connectivity index (χ4v) is 1.97. The summed E-state index contributed by atoms with van der Waals surface area (Å²) in [7, 11) is 0. The van der Waals surface area contributed by atoms with Gasteiger partial charge in [0.1, 0.15) is 5.60 Å². The highest BCUT2D eigenvalue weighted by Crippen LogP contribution is 2.27. The molecule has 0 aliphatic rings. The molecule has 0 bridgehead atoms. The SMILES string of the molecule is CC(C)(C)OC(=O)C(C)(C)Cc1ccc(C(C)(C)C)nc1. The molecule has 0 amide bonds. The van der Waals surface area contributed by atoms with Crippen molar-refractivity contribution in [3.63, 3.8) is 0 Å². The first-order valence-corrected chi connectivity index (χ1v) is 7.50. The summed E-state index contributed by atoms with van der Waals surface area (Å²) in [6.07, 6.45) is 2.49. The number of aromatic nitrogens is 1. The van der Waals surface area contributed by atoms with Gasteiger partial charge in [0, 0.05) is 17.3 Å². The van der Waals surface area contributed by atoms with E-state index in [4.69, 9.17) is 4.74 Å². The maximum absolute atomic E-state index is 12.3. The van der Waals surface area contributed by atoms with E-state index in [9.17, 15) is 4.79 Å². The number of pyridine rings is 1. The Hall–Kier alpha value is -1.38. The van der Waals surface area contributed by atoms with Crippen LogP contribution in [0.1, 0.15) is 66.6 Å². The Labute approximate surface area is 129 Å². The van der Waals surface area contributed by atoms with E-state index in [0.29, 0.717) is 6.42 Å². The third-order valence-corrected chi connectivity index (χ3v) is 3.19. The van der Waals surface area contributed by atoms with Crippen LogP contribution >= 0.6 is 0 Å². The molecule has 1 heterocycles. The van der Waals surface area contributed by atoms with Crippen molar-refractivity contribution in [2.24, 2.45) is 5.41 Å². The fraction of sp³-hybridized carbons (Fsp3) is 0.667. The van der Waals surface area contributed by atoms with E-state index >= 15 is 0 Å². The molecule has 1 aromatic heterocycles. The largest absolute Gasteiger partial charge is 0.460 e. The first kappa shape index (κ1) is 17.7. The van der Waals surface area contributed by atoms with Crippen LogP contribution in [0.5, 0.6) is 0 Å².